The second-order valence-electron chi connectivity index (χ2n) is 9.79. The number of nitrogens with one attached hydrogen (secondary N) is 1. The maximum atomic E-state index is 13.2. The second kappa shape index (κ2) is 8.69. The zero-order valence-corrected chi connectivity index (χ0v) is 19.4. The number of nitrogens with zero attached hydrogens (tertiary/aromatic N) is 4. The molecule has 0 saturated carbocycles. The highest BCUT2D eigenvalue weighted by atomic mass is 16.5. The summed E-state index contributed by atoms with van der Waals surface area (Å²) in [4.78, 5) is 46.9. The van der Waals surface area contributed by atoms with Crippen LogP contribution in [0.3, 0.4) is 0 Å². The van der Waals surface area contributed by atoms with Gasteiger partial charge < -0.3 is 14.5 Å². The standard InChI is InChI=1S/C23H33N5O4/c1-15-16(7-8-20(29)26-10-12-32-13-11-26)21(30)28-19(24-15)14-17(25-28)18-6-5-9-27(18)22(31)23(2,3)4/h14,18,25H,5-13H2,1-4H3/t18-/m1/s1. The van der Waals surface area contributed by atoms with Crippen LogP contribution in [0.25, 0.3) is 5.65 Å². The lowest BCUT2D eigenvalue weighted by Gasteiger charge is -2.30. The summed E-state index contributed by atoms with van der Waals surface area (Å²) in [5.74, 6) is 0.143. The minimum absolute atomic E-state index is 0.0339. The van der Waals surface area contributed by atoms with Crippen LogP contribution in [0.4, 0.5) is 0 Å². The summed E-state index contributed by atoms with van der Waals surface area (Å²) in [5, 5.41) is 3.20. The predicted octanol–water partition coefficient (Wildman–Crippen LogP) is 1.83. The van der Waals surface area contributed by atoms with Crippen LogP contribution in [-0.2, 0) is 20.7 Å². The Morgan fingerprint density at radius 1 is 1.22 bits per heavy atom. The minimum Gasteiger partial charge on any atom is -0.378 e. The van der Waals surface area contributed by atoms with Crippen LogP contribution in [0.15, 0.2) is 10.9 Å². The van der Waals surface area contributed by atoms with Gasteiger partial charge in [0, 0.05) is 48.8 Å². The summed E-state index contributed by atoms with van der Waals surface area (Å²) < 4.78 is 6.75. The van der Waals surface area contributed by atoms with Crippen LogP contribution in [0.5, 0.6) is 0 Å². The summed E-state index contributed by atoms with van der Waals surface area (Å²) >= 11 is 0. The lowest BCUT2D eigenvalue weighted by Crippen LogP contribution is -2.41. The molecule has 0 aliphatic carbocycles. The van der Waals surface area contributed by atoms with Crippen LogP contribution in [0, 0.1) is 12.3 Å². The number of morpholine rings is 1. The van der Waals surface area contributed by atoms with Crippen molar-refractivity contribution in [3.8, 4) is 0 Å². The summed E-state index contributed by atoms with van der Waals surface area (Å²) in [6, 6.07) is 1.78. The number of rotatable bonds is 4. The monoisotopic (exact) mass is 443 g/mol. The fourth-order valence-electron chi connectivity index (χ4n) is 4.61. The highest BCUT2D eigenvalue weighted by Crippen LogP contribution is 2.34. The smallest absolute Gasteiger partial charge is 0.276 e. The first-order chi connectivity index (χ1) is 15.2. The van der Waals surface area contributed by atoms with Gasteiger partial charge in [0.05, 0.1) is 24.9 Å². The van der Waals surface area contributed by atoms with Crippen LogP contribution >= 0.6 is 0 Å². The molecule has 1 N–H and O–H groups in total. The maximum absolute atomic E-state index is 13.2. The number of carbonyl (C=O) groups excluding carboxylic acids is 2. The molecule has 32 heavy (non-hydrogen) atoms. The number of hydrogen-bond acceptors (Lipinski definition) is 5. The van der Waals surface area contributed by atoms with Crippen molar-refractivity contribution in [3.63, 3.8) is 0 Å². The van der Waals surface area contributed by atoms with Crippen molar-refractivity contribution in [2.75, 3.05) is 32.8 Å². The number of likely N-dealkylation sites (tertiary alicyclic amines) is 1. The number of amides is 2. The molecular weight excluding hydrogens is 410 g/mol. The van der Waals surface area contributed by atoms with E-state index in [1.54, 1.807) is 4.90 Å². The average molecular weight is 444 g/mol. The normalized spacial score (nSPS) is 19.7. The molecule has 2 amide bonds. The van der Waals surface area contributed by atoms with Gasteiger partial charge in [-0.2, -0.15) is 0 Å². The van der Waals surface area contributed by atoms with E-state index in [-0.39, 0.29) is 29.8 Å². The van der Waals surface area contributed by atoms with E-state index in [9.17, 15) is 14.4 Å². The van der Waals surface area contributed by atoms with Crippen LogP contribution in [-0.4, -0.2) is 69.1 Å². The van der Waals surface area contributed by atoms with E-state index >= 15 is 0 Å². The molecule has 2 saturated heterocycles. The van der Waals surface area contributed by atoms with Crippen molar-refractivity contribution >= 4 is 17.5 Å². The Bertz CT molecular complexity index is 1070. The fourth-order valence-corrected chi connectivity index (χ4v) is 4.61. The molecule has 2 fully saturated rings. The summed E-state index contributed by atoms with van der Waals surface area (Å²) in [6.07, 6.45) is 2.40. The Hall–Kier alpha value is -2.68. The van der Waals surface area contributed by atoms with Gasteiger partial charge in [-0.15, -0.1) is 0 Å². The fraction of sp³-hybridized carbons (Fsp3) is 0.652. The van der Waals surface area contributed by atoms with Crippen LogP contribution in [0.1, 0.15) is 63.0 Å². The van der Waals surface area contributed by atoms with E-state index in [2.05, 4.69) is 10.1 Å². The van der Waals surface area contributed by atoms with Crippen molar-refractivity contribution < 1.29 is 14.3 Å². The van der Waals surface area contributed by atoms with Crippen molar-refractivity contribution in [3.05, 3.63) is 33.4 Å². The first kappa shape index (κ1) is 22.5. The summed E-state index contributed by atoms with van der Waals surface area (Å²) in [5.41, 5.74) is 1.92. The predicted molar refractivity (Wildman–Crippen MR) is 119 cm³/mol. The number of aryl methyl sites for hydroxylation is 1. The highest BCUT2D eigenvalue weighted by molar-refractivity contribution is 5.82. The van der Waals surface area contributed by atoms with Crippen LogP contribution < -0.4 is 5.56 Å². The number of ether oxygens (including phenoxy) is 1. The Morgan fingerprint density at radius 3 is 2.62 bits per heavy atom. The van der Waals surface area contributed by atoms with Gasteiger partial charge in [-0.1, -0.05) is 20.8 Å². The topological polar surface area (TPSA) is 100 Å². The van der Waals surface area contributed by atoms with E-state index < -0.39 is 5.41 Å². The molecule has 0 spiro atoms. The Balaban J connectivity index is 1.57. The van der Waals surface area contributed by atoms with E-state index in [1.807, 2.05) is 38.7 Å². The van der Waals surface area contributed by atoms with Gasteiger partial charge in [0.1, 0.15) is 0 Å². The van der Waals surface area contributed by atoms with Gasteiger partial charge in [0.2, 0.25) is 11.8 Å². The molecular formula is C23H33N5O4. The van der Waals surface area contributed by atoms with Gasteiger partial charge in [-0.05, 0) is 26.2 Å². The maximum Gasteiger partial charge on any atom is 0.276 e. The Kier molecular flexibility index (Phi) is 6.11. The number of aromatic amines is 1. The molecule has 0 bridgehead atoms. The first-order valence-corrected chi connectivity index (χ1v) is 11.4. The third-order valence-electron chi connectivity index (χ3n) is 6.40. The lowest BCUT2D eigenvalue weighted by atomic mass is 9.94. The summed E-state index contributed by atoms with van der Waals surface area (Å²) in [7, 11) is 0. The van der Waals surface area contributed by atoms with E-state index in [1.165, 1.54) is 4.52 Å². The van der Waals surface area contributed by atoms with Crippen LogP contribution in [0.2, 0.25) is 0 Å². The van der Waals surface area contributed by atoms with Crippen molar-refractivity contribution in [1.82, 2.24) is 24.4 Å². The number of hydrogen-bond donors (Lipinski definition) is 1. The number of aromatic nitrogens is 3. The molecule has 9 nitrogen and oxygen atoms in total. The zero-order valence-electron chi connectivity index (χ0n) is 19.4. The summed E-state index contributed by atoms with van der Waals surface area (Å²) in [6.45, 7) is 10.6. The largest absolute Gasteiger partial charge is 0.378 e. The van der Waals surface area contributed by atoms with E-state index in [0.29, 0.717) is 56.2 Å². The Labute approximate surface area is 187 Å². The molecule has 4 rings (SSSR count). The molecule has 0 aromatic carbocycles. The SMILES string of the molecule is Cc1nc2cc([C@H]3CCCN3C(=O)C(C)(C)C)[nH]n2c(=O)c1CCC(=O)N1CCOCC1. The highest BCUT2D eigenvalue weighted by Gasteiger charge is 2.36. The second-order valence-corrected chi connectivity index (χ2v) is 9.79. The van der Waals surface area contributed by atoms with Crippen molar-refractivity contribution in [1.29, 1.82) is 0 Å². The van der Waals surface area contributed by atoms with Gasteiger partial charge >= 0.3 is 0 Å². The Morgan fingerprint density at radius 2 is 1.94 bits per heavy atom. The van der Waals surface area contributed by atoms with E-state index in [4.69, 9.17) is 4.74 Å². The first-order valence-electron chi connectivity index (χ1n) is 11.4. The van der Waals surface area contributed by atoms with Crippen molar-refractivity contribution in [2.45, 2.75) is 59.4 Å². The molecule has 1 atom stereocenters. The molecule has 2 aliphatic heterocycles. The third kappa shape index (κ3) is 4.30. The van der Waals surface area contributed by atoms with Gasteiger partial charge in [-0.3, -0.25) is 19.5 Å². The quantitative estimate of drug-likeness (QED) is 0.777. The average Bonchev–Trinajstić information content (AvgIpc) is 3.39. The lowest BCUT2D eigenvalue weighted by molar-refractivity contribution is -0.140. The van der Waals surface area contributed by atoms with Gasteiger partial charge in [0.25, 0.3) is 5.56 Å². The third-order valence-corrected chi connectivity index (χ3v) is 6.40. The van der Waals surface area contributed by atoms with E-state index in [0.717, 1.165) is 18.5 Å². The molecule has 2 aliphatic rings. The zero-order chi connectivity index (χ0) is 23.0. The van der Waals surface area contributed by atoms with Crippen molar-refractivity contribution in [2.24, 2.45) is 5.41 Å². The molecule has 0 unspecified atom stereocenters. The van der Waals surface area contributed by atoms with Gasteiger partial charge in [-0.25, -0.2) is 9.50 Å². The molecule has 174 valence electrons. The molecule has 2 aromatic rings. The molecule has 4 heterocycles. The number of H-pyrrole nitrogens is 1. The minimum atomic E-state index is -0.458. The molecule has 2 aromatic heterocycles. The number of fused-ring (bicyclic) bond motifs is 1. The molecule has 9 heteroatoms. The molecule has 0 radical (unpaired) electrons. The number of carbonyl (C=O) groups is 2. The van der Waals surface area contributed by atoms with Gasteiger partial charge in [0.15, 0.2) is 5.65 Å².